The van der Waals surface area contributed by atoms with Crippen LogP contribution in [-0.4, -0.2) is 34.2 Å². The molecule has 1 rings (SSSR count). The van der Waals surface area contributed by atoms with Crippen molar-refractivity contribution in [2.45, 2.75) is 78.5 Å². The zero-order chi connectivity index (χ0) is 22.2. The van der Waals surface area contributed by atoms with Crippen LogP contribution in [0.2, 0.25) is 18.1 Å². The van der Waals surface area contributed by atoms with E-state index in [1.165, 1.54) is 0 Å². The quantitative estimate of drug-likeness (QED) is 0.175. The normalized spacial score (nSPS) is 16.4. The second kappa shape index (κ2) is 11.0. The number of azide groups is 1. The zero-order valence-electron chi connectivity index (χ0n) is 19.6. The Hall–Kier alpha value is -1.53. The topological polar surface area (TPSA) is 76.5 Å². The SMILES string of the molecule is COc1ccc(COC(C)C(C)C(O[Si](C)(C)C(C)(C)C)C(C)CN=[N+]=[N-])cc1. The van der Waals surface area contributed by atoms with E-state index in [1.54, 1.807) is 7.11 Å². The molecular weight excluding hydrogens is 382 g/mol. The molecule has 0 saturated heterocycles. The minimum absolute atomic E-state index is 0.000357. The molecule has 0 aliphatic carbocycles. The second-order valence-electron chi connectivity index (χ2n) is 9.46. The fraction of sp³-hybridized carbons (Fsp3) is 0.727. The fourth-order valence-electron chi connectivity index (χ4n) is 2.90. The first-order valence-corrected chi connectivity index (χ1v) is 13.3. The van der Waals surface area contributed by atoms with Crippen molar-refractivity contribution in [3.63, 3.8) is 0 Å². The van der Waals surface area contributed by atoms with Crippen molar-refractivity contribution in [3.8, 4) is 5.75 Å². The fourth-order valence-corrected chi connectivity index (χ4v) is 4.38. The molecule has 0 bridgehead atoms. The molecule has 7 heteroatoms. The molecule has 6 nitrogen and oxygen atoms in total. The van der Waals surface area contributed by atoms with Gasteiger partial charge in [-0.15, -0.1) is 0 Å². The van der Waals surface area contributed by atoms with Crippen LogP contribution in [-0.2, 0) is 15.8 Å². The number of hydrogen-bond acceptors (Lipinski definition) is 4. The summed E-state index contributed by atoms with van der Waals surface area (Å²) in [5.74, 6) is 1.11. The number of hydrogen-bond donors (Lipinski definition) is 0. The average Bonchev–Trinajstić information content (AvgIpc) is 2.67. The molecule has 0 saturated carbocycles. The summed E-state index contributed by atoms with van der Waals surface area (Å²) in [6, 6.07) is 7.92. The summed E-state index contributed by atoms with van der Waals surface area (Å²) >= 11 is 0. The lowest BCUT2D eigenvalue weighted by Gasteiger charge is -2.43. The highest BCUT2D eigenvalue weighted by atomic mass is 28.4. The minimum atomic E-state index is -1.98. The van der Waals surface area contributed by atoms with Crippen LogP contribution >= 0.6 is 0 Å². The van der Waals surface area contributed by atoms with Gasteiger partial charge in [0.2, 0.25) is 0 Å². The number of nitrogens with zero attached hydrogens (tertiary/aromatic N) is 3. The summed E-state index contributed by atoms with van der Waals surface area (Å²) in [4.78, 5) is 2.94. The van der Waals surface area contributed by atoms with Gasteiger partial charge in [-0.1, -0.05) is 51.9 Å². The molecule has 164 valence electrons. The predicted octanol–water partition coefficient (Wildman–Crippen LogP) is 6.57. The molecular formula is C22H39N3O3Si. The van der Waals surface area contributed by atoms with Gasteiger partial charge in [-0.05, 0) is 54.2 Å². The molecule has 0 heterocycles. The van der Waals surface area contributed by atoms with Crippen LogP contribution in [0.3, 0.4) is 0 Å². The Morgan fingerprint density at radius 1 is 1.10 bits per heavy atom. The van der Waals surface area contributed by atoms with Gasteiger partial charge in [-0.25, -0.2) is 0 Å². The van der Waals surface area contributed by atoms with Gasteiger partial charge in [0.05, 0.1) is 25.9 Å². The summed E-state index contributed by atoms with van der Waals surface area (Å²) in [5.41, 5.74) is 9.85. The summed E-state index contributed by atoms with van der Waals surface area (Å²) in [6.07, 6.45) is -0.0346. The van der Waals surface area contributed by atoms with Crippen molar-refractivity contribution in [2.75, 3.05) is 13.7 Å². The number of rotatable bonds is 11. The third-order valence-electron chi connectivity index (χ3n) is 6.16. The molecule has 0 amide bonds. The Labute approximate surface area is 177 Å². The first-order chi connectivity index (χ1) is 13.4. The molecule has 0 spiro atoms. The smallest absolute Gasteiger partial charge is 0.192 e. The largest absolute Gasteiger partial charge is 0.497 e. The maximum atomic E-state index is 8.75. The van der Waals surface area contributed by atoms with E-state index in [1.807, 2.05) is 24.3 Å². The van der Waals surface area contributed by atoms with Gasteiger partial charge in [-0.3, -0.25) is 0 Å². The van der Waals surface area contributed by atoms with Crippen molar-refractivity contribution in [1.29, 1.82) is 0 Å². The molecule has 0 fully saturated rings. The molecule has 1 aromatic carbocycles. The van der Waals surface area contributed by atoms with E-state index in [0.717, 1.165) is 11.3 Å². The number of benzene rings is 1. The van der Waals surface area contributed by atoms with E-state index < -0.39 is 8.32 Å². The van der Waals surface area contributed by atoms with E-state index in [9.17, 15) is 0 Å². The van der Waals surface area contributed by atoms with Crippen molar-refractivity contribution in [3.05, 3.63) is 40.3 Å². The molecule has 4 unspecified atom stereocenters. The van der Waals surface area contributed by atoms with Crippen LogP contribution in [0, 0.1) is 11.8 Å². The Balaban J connectivity index is 2.89. The van der Waals surface area contributed by atoms with Gasteiger partial charge in [0, 0.05) is 17.4 Å². The van der Waals surface area contributed by atoms with E-state index in [0.29, 0.717) is 13.2 Å². The van der Waals surface area contributed by atoms with Gasteiger partial charge < -0.3 is 13.9 Å². The van der Waals surface area contributed by atoms with Crippen molar-refractivity contribution in [2.24, 2.45) is 17.0 Å². The Morgan fingerprint density at radius 3 is 2.17 bits per heavy atom. The third-order valence-corrected chi connectivity index (χ3v) is 10.6. The Morgan fingerprint density at radius 2 is 1.69 bits per heavy atom. The summed E-state index contributed by atoms with van der Waals surface area (Å²) in [7, 11) is -0.318. The van der Waals surface area contributed by atoms with Crippen LogP contribution in [0.15, 0.2) is 29.4 Å². The lowest BCUT2D eigenvalue weighted by Crippen LogP contribution is -2.49. The highest BCUT2D eigenvalue weighted by Gasteiger charge is 2.42. The van der Waals surface area contributed by atoms with Gasteiger partial charge in [0.25, 0.3) is 0 Å². The average molecular weight is 422 g/mol. The van der Waals surface area contributed by atoms with Crippen molar-refractivity contribution >= 4 is 8.32 Å². The van der Waals surface area contributed by atoms with Crippen LogP contribution in [0.25, 0.3) is 10.4 Å². The first-order valence-electron chi connectivity index (χ1n) is 10.4. The lowest BCUT2D eigenvalue weighted by atomic mass is 9.90. The van der Waals surface area contributed by atoms with Crippen molar-refractivity contribution in [1.82, 2.24) is 0 Å². The van der Waals surface area contributed by atoms with E-state index >= 15 is 0 Å². The van der Waals surface area contributed by atoms with E-state index in [2.05, 4.69) is 64.7 Å². The highest BCUT2D eigenvalue weighted by molar-refractivity contribution is 6.74. The summed E-state index contributed by atoms with van der Waals surface area (Å²) in [5, 5.41) is 3.91. The Kier molecular flexibility index (Phi) is 9.69. The highest BCUT2D eigenvalue weighted by Crippen LogP contribution is 2.39. The third kappa shape index (κ3) is 7.66. The van der Waals surface area contributed by atoms with Crippen LogP contribution in [0.5, 0.6) is 5.75 Å². The van der Waals surface area contributed by atoms with Gasteiger partial charge >= 0.3 is 0 Å². The zero-order valence-corrected chi connectivity index (χ0v) is 20.6. The second-order valence-corrected chi connectivity index (χ2v) is 14.2. The summed E-state index contributed by atoms with van der Waals surface area (Å²) < 4.78 is 18.2. The van der Waals surface area contributed by atoms with Crippen LogP contribution in [0.4, 0.5) is 0 Å². The monoisotopic (exact) mass is 421 g/mol. The van der Waals surface area contributed by atoms with E-state index in [4.69, 9.17) is 19.4 Å². The maximum Gasteiger partial charge on any atom is 0.192 e. The predicted molar refractivity (Wildman–Crippen MR) is 122 cm³/mol. The molecule has 29 heavy (non-hydrogen) atoms. The van der Waals surface area contributed by atoms with Crippen molar-refractivity contribution < 1.29 is 13.9 Å². The lowest BCUT2D eigenvalue weighted by molar-refractivity contribution is -0.0380. The van der Waals surface area contributed by atoms with Crippen LogP contribution in [0.1, 0.15) is 47.1 Å². The molecule has 0 N–H and O–H groups in total. The molecule has 0 aliphatic rings. The molecule has 0 aliphatic heterocycles. The Bertz CT molecular complexity index is 667. The van der Waals surface area contributed by atoms with Gasteiger partial charge in [0.1, 0.15) is 5.75 Å². The number of ether oxygens (including phenoxy) is 2. The molecule has 0 radical (unpaired) electrons. The minimum Gasteiger partial charge on any atom is -0.497 e. The molecule has 1 aromatic rings. The number of methoxy groups -OCH3 is 1. The van der Waals surface area contributed by atoms with Gasteiger partial charge in [0.15, 0.2) is 8.32 Å². The summed E-state index contributed by atoms with van der Waals surface area (Å²) in [6.45, 7) is 18.6. The van der Waals surface area contributed by atoms with E-state index in [-0.39, 0.29) is 29.1 Å². The maximum absolute atomic E-state index is 8.75. The van der Waals surface area contributed by atoms with Crippen LogP contribution < -0.4 is 4.74 Å². The molecule has 4 atom stereocenters. The van der Waals surface area contributed by atoms with Gasteiger partial charge in [-0.2, -0.15) is 0 Å². The molecule has 0 aromatic heterocycles. The standard InChI is InChI=1S/C22H39N3O3Si/c1-16(14-24-25-23)21(28-29(8,9)22(4,5)6)17(2)18(3)27-15-19-10-12-20(26-7)13-11-19/h10-13,16-18,21H,14-15H2,1-9H3. The first kappa shape index (κ1) is 25.5.